The Morgan fingerprint density at radius 2 is 1.59 bits per heavy atom. The Kier molecular flexibility index (Phi) is 3.69. The highest BCUT2D eigenvalue weighted by molar-refractivity contribution is 8.14. The van der Waals surface area contributed by atoms with E-state index in [0.29, 0.717) is 11.9 Å². The van der Waals surface area contributed by atoms with Gasteiger partial charge >= 0.3 is 0 Å². The van der Waals surface area contributed by atoms with Gasteiger partial charge in [0.25, 0.3) is 0 Å². The van der Waals surface area contributed by atoms with E-state index in [1.165, 1.54) is 11.1 Å². The lowest BCUT2D eigenvalue weighted by Crippen LogP contribution is -2.15. The Balaban J connectivity index is 1.70. The Morgan fingerprint density at radius 1 is 0.909 bits per heavy atom. The van der Waals surface area contributed by atoms with Crippen LogP contribution in [0.2, 0.25) is 0 Å². The fourth-order valence-electron chi connectivity index (χ4n) is 2.82. The topological polar surface area (TPSA) is 34.0 Å². The average Bonchev–Trinajstić information content (AvgIpc) is 3.26. The molecule has 4 rings (SSSR count). The van der Waals surface area contributed by atoms with Gasteiger partial charge in [-0.1, -0.05) is 72.4 Å². The maximum Gasteiger partial charge on any atom is 0.170 e. The number of aliphatic imine (C=N–C) groups is 2. The van der Waals surface area contributed by atoms with Crippen LogP contribution in [0.4, 0.5) is 0 Å². The number of rotatable bonds is 3. The predicted molar refractivity (Wildman–Crippen MR) is 91.6 cm³/mol. The van der Waals surface area contributed by atoms with E-state index in [1.807, 2.05) is 17.8 Å². The van der Waals surface area contributed by atoms with Crippen molar-refractivity contribution in [3.63, 3.8) is 0 Å². The maximum absolute atomic E-state index is 5.27. The van der Waals surface area contributed by atoms with Gasteiger partial charge in [-0.05, 0) is 11.1 Å². The van der Waals surface area contributed by atoms with Crippen LogP contribution in [0.15, 0.2) is 70.6 Å². The Labute approximate surface area is 134 Å². The summed E-state index contributed by atoms with van der Waals surface area (Å²) in [6.07, 6.45) is 1.54. The predicted octanol–water partition coefficient (Wildman–Crippen LogP) is 4.04. The van der Waals surface area contributed by atoms with E-state index in [2.05, 4.69) is 59.6 Å². The largest absolute Gasteiger partial charge is 0.481 e. The second-order valence-corrected chi connectivity index (χ2v) is 6.54. The van der Waals surface area contributed by atoms with Crippen LogP contribution in [-0.4, -0.2) is 24.1 Å². The van der Waals surface area contributed by atoms with Gasteiger partial charge in [0, 0.05) is 0 Å². The monoisotopic (exact) mass is 308 g/mol. The first-order chi connectivity index (χ1) is 10.9. The zero-order chi connectivity index (χ0) is 14.8. The van der Waals surface area contributed by atoms with Crippen LogP contribution < -0.4 is 0 Å². The molecule has 2 aromatic rings. The summed E-state index contributed by atoms with van der Waals surface area (Å²) >= 11 is 1.82. The van der Waals surface area contributed by atoms with Crippen LogP contribution in [0.5, 0.6) is 0 Å². The van der Waals surface area contributed by atoms with E-state index in [1.54, 1.807) is 6.40 Å². The zero-order valence-electron chi connectivity index (χ0n) is 12.0. The molecular weight excluding hydrogens is 292 g/mol. The molecule has 110 valence electrons. The van der Waals surface area contributed by atoms with Gasteiger partial charge in [-0.2, -0.15) is 0 Å². The third-order valence-electron chi connectivity index (χ3n) is 3.92. The fraction of sp³-hybridized carbons (Fsp3) is 0.222. The minimum Gasteiger partial charge on any atom is -0.481 e. The van der Waals surface area contributed by atoms with Gasteiger partial charge < -0.3 is 4.74 Å². The second kappa shape index (κ2) is 5.97. The van der Waals surface area contributed by atoms with E-state index in [-0.39, 0.29) is 12.1 Å². The van der Waals surface area contributed by atoms with Crippen molar-refractivity contribution in [3.05, 3.63) is 71.8 Å². The number of benzene rings is 2. The molecule has 0 N–H and O–H groups in total. The molecule has 3 unspecified atom stereocenters. The molecule has 2 heterocycles. The van der Waals surface area contributed by atoms with E-state index < -0.39 is 0 Å². The third-order valence-corrected chi connectivity index (χ3v) is 5.33. The molecule has 3 nitrogen and oxygen atoms in total. The van der Waals surface area contributed by atoms with Crippen LogP contribution >= 0.6 is 11.8 Å². The van der Waals surface area contributed by atoms with Gasteiger partial charge in [0.15, 0.2) is 6.40 Å². The van der Waals surface area contributed by atoms with Crippen LogP contribution in [0.3, 0.4) is 0 Å². The minimum absolute atomic E-state index is 0.0601. The Bertz CT molecular complexity index is 700. The third kappa shape index (κ3) is 2.55. The van der Waals surface area contributed by atoms with Crippen LogP contribution in [-0.2, 0) is 4.74 Å². The first-order valence-electron chi connectivity index (χ1n) is 7.39. The molecule has 0 aliphatic carbocycles. The van der Waals surface area contributed by atoms with Gasteiger partial charge in [-0.15, -0.1) is 0 Å². The van der Waals surface area contributed by atoms with E-state index >= 15 is 0 Å². The molecule has 0 saturated heterocycles. The number of hydrogen-bond acceptors (Lipinski definition) is 4. The van der Waals surface area contributed by atoms with Crippen LogP contribution in [0.25, 0.3) is 0 Å². The number of hydrogen-bond donors (Lipinski definition) is 0. The molecule has 0 aromatic heterocycles. The van der Waals surface area contributed by atoms with Crippen molar-refractivity contribution in [2.45, 2.75) is 17.3 Å². The van der Waals surface area contributed by atoms with Gasteiger partial charge in [-0.3, -0.25) is 4.99 Å². The van der Waals surface area contributed by atoms with Gasteiger partial charge in [0.05, 0.1) is 16.3 Å². The molecule has 22 heavy (non-hydrogen) atoms. The number of ether oxygens (including phenoxy) is 1. The van der Waals surface area contributed by atoms with Crippen molar-refractivity contribution < 1.29 is 4.74 Å². The quantitative estimate of drug-likeness (QED) is 0.857. The molecule has 0 saturated carbocycles. The van der Waals surface area contributed by atoms with Crippen molar-refractivity contribution in [3.8, 4) is 0 Å². The molecule has 3 atom stereocenters. The summed E-state index contributed by atoms with van der Waals surface area (Å²) in [6.45, 7) is 0.606. The average molecular weight is 308 g/mol. The molecule has 2 aliphatic rings. The second-order valence-electron chi connectivity index (χ2n) is 5.38. The summed E-state index contributed by atoms with van der Waals surface area (Å²) in [4.78, 5) is 9.36. The standard InChI is InChI=1S/C18H16N2OS/c1-3-7-13(8-4-1)16-17(14-9-5-2-6-10-14)22-18(20-16)15-11-21-12-19-15/h1-10,12,15-17H,11H2. The lowest BCUT2D eigenvalue weighted by atomic mass is 9.99. The first-order valence-corrected chi connectivity index (χ1v) is 8.27. The first kappa shape index (κ1) is 13.6. The molecule has 2 aromatic carbocycles. The summed E-state index contributed by atoms with van der Waals surface area (Å²) in [7, 11) is 0. The summed E-state index contributed by atoms with van der Waals surface area (Å²) in [5.41, 5.74) is 2.56. The Morgan fingerprint density at radius 3 is 2.23 bits per heavy atom. The Hall–Kier alpha value is -2.07. The van der Waals surface area contributed by atoms with Gasteiger partial charge in [0.2, 0.25) is 0 Å². The summed E-state index contributed by atoms with van der Waals surface area (Å²) in [5, 5.41) is 1.38. The zero-order valence-corrected chi connectivity index (χ0v) is 12.8. The highest BCUT2D eigenvalue weighted by Gasteiger charge is 2.36. The van der Waals surface area contributed by atoms with Crippen molar-refractivity contribution in [1.82, 2.24) is 0 Å². The minimum atomic E-state index is 0.0601. The maximum atomic E-state index is 5.27. The van der Waals surface area contributed by atoms with Crippen LogP contribution in [0.1, 0.15) is 22.4 Å². The summed E-state index contributed by atoms with van der Waals surface area (Å²) in [5.74, 6) is 0. The summed E-state index contributed by atoms with van der Waals surface area (Å²) < 4.78 is 5.27. The summed E-state index contributed by atoms with van der Waals surface area (Å²) in [6, 6.07) is 21.3. The van der Waals surface area contributed by atoms with Crippen molar-refractivity contribution in [1.29, 1.82) is 0 Å². The molecule has 0 bridgehead atoms. The van der Waals surface area contributed by atoms with E-state index in [4.69, 9.17) is 9.73 Å². The van der Waals surface area contributed by atoms with E-state index in [0.717, 1.165) is 5.04 Å². The van der Waals surface area contributed by atoms with Gasteiger partial charge in [-0.25, -0.2) is 4.99 Å². The van der Waals surface area contributed by atoms with E-state index in [9.17, 15) is 0 Å². The molecule has 4 heteroatoms. The SMILES string of the molecule is C1=NC(C2=NC(c3ccccc3)C(c3ccccc3)S2)CO1. The molecular formula is C18H16N2OS. The van der Waals surface area contributed by atoms with Crippen LogP contribution in [0, 0.1) is 0 Å². The lowest BCUT2D eigenvalue weighted by Gasteiger charge is -2.18. The molecule has 0 spiro atoms. The number of thioether (sulfide) groups is 1. The molecule has 0 amide bonds. The lowest BCUT2D eigenvalue weighted by molar-refractivity contribution is 0.349. The number of nitrogens with zero attached hydrogens (tertiary/aromatic N) is 2. The van der Waals surface area contributed by atoms with Crippen molar-refractivity contribution in [2.75, 3.05) is 6.61 Å². The molecule has 0 fully saturated rings. The molecule has 0 radical (unpaired) electrons. The smallest absolute Gasteiger partial charge is 0.170 e. The van der Waals surface area contributed by atoms with Crippen molar-refractivity contribution in [2.24, 2.45) is 9.98 Å². The van der Waals surface area contributed by atoms with Gasteiger partial charge in [0.1, 0.15) is 12.6 Å². The van der Waals surface area contributed by atoms with Crippen molar-refractivity contribution >= 4 is 23.2 Å². The fourth-order valence-corrected chi connectivity index (χ4v) is 4.18. The normalized spacial score (nSPS) is 26.7. The molecule has 2 aliphatic heterocycles. The highest BCUT2D eigenvalue weighted by Crippen LogP contribution is 2.49. The highest BCUT2D eigenvalue weighted by atomic mass is 32.2.